The van der Waals surface area contributed by atoms with Crippen molar-refractivity contribution in [3.63, 3.8) is 0 Å². The maximum atomic E-state index is 12.7. The zero-order valence-corrected chi connectivity index (χ0v) is 19.0. The third-order valence-electron chi connectivity index (χ3n) is 5.51. The molecule has 0 radical (unpaired) electrons. The second kappa shape index (κ2) is 8.58. The molecule has 2 aromatic carbocycles. The van der Waals surface area contributed by atoms with E-state index < -0.39 is 16.1 Å². The van der Waals surface area contributed by atoms with Crippen molar-refractivity contribution in [1.29, 1.82) is 0 Å². The van der Waals surface area contributed by atoms with Crippen LogP contribution in [0.4, 0.5) is 0 Å². The minimum Gasteiger partial charge on any atom is -0.350 e. The SMILES string of the molecule is Cc1nn(Cc2ccccc2)c(C)c1CNC(=O)[C@@H](C)N=C1NS(=O)(=O)c2ccccc21. The average Bonchev–Trinajstić information content (AvgIpc) is 3.19. The third-order valence-corrected chi connectivity index (χ3v) is 6.91. The highest BCUT2D eigenvalue weighted by Crippen LogP contribution is 2.22. The van der Waals surface area contributed by atoms with E-state index in [-0.39, 0.29) is 16.6 Å². The summed E-state index contributed by atoms with van der Waals surface area (Å²) in [4.78, 5) is 17.2. The molecule has 1 aliphatic rings. The molecular weight excluding hydrogens is 426 g/mol. The van der Waals surface area contributed by atoms with E-state index >= 15 is 0 Å². The molecule has 1 atom stereocenters. The summed E-state index contributed by atoms with van der Waals surface area (Å²) in [5.74, 6) is -0.109. The van der Waals surface area contributed by atoms with Crippen LogP contribution in [0.2, 0.25) is 0 Å². The molecule has 2 heterocycles. The Labute approximate surface area is 187 Å². The minimum atomic E-state index is -3.64. The number of nitrogens with one attached hydrogen (secondary N) is 2. The van der Waals surface area contributed by atoms with E-state index in [9.17, 15) is 13.2 Å². The summed E-state index contributed by atoms with van der Waals surface area (Å²) in [6.45, 7) is 6.52. The fourth-order valence-corrected chi connectivity index (χ4v) is 4.94. The van der Waals surface area contributed by atoms with Crippen LogP contribution in [0.1, 0.15) is 35.0 Å². The number of nitrogens with zero attached hydrogens (tertiary/aromatic N) is 3. The summed E-state index contributed by atoms with van der Waals surface area (Å²) in [5, 5.41) is 7.51. The number of aromatic nitrogens is 2. The molecule has 3 aromatic rings. The molecule has 0 spiro atoms. The van der Waals surface area contributed by atoms with Crippen LogP contribution in [0.25, 0.3) is 0 Å². The molecule has 1 aliphatic heterocycles. The van der Waals surface area contributed by atoms with Crippen molar-refractivity contribution in [2.75, 3.05) is 0 Å². The smallest absolute Gasteiger partial charge is 0.263 e. The van der Waals surface area contributed by atoms with Crippen molar-refractivity contribution < 1.29 is 13.2 Å². The molecule has 1 aromatic heterocycles. The predicted octanol–water partition coefficient (Wildman–Crippen LogP) is 2.29. The number of aliphatic imine (C=N–C) groups is 1. The summed E-state index contributed by atoms with van der Waals surface area (Å²) >= 11 is 0. The molecule has 166 valence electrons. The van der Waals surface area contributed by atoms with Gasteiger partial charge in [-0.2, -0.15) is 5.10 Å². The quantitative estimate of drug-likeness (QED) is 0.600. The standard InChI is InChI=1S/C23H25N5O3S/c1-15-20(17(3)28(26-15)14-18-9-5-4-6-10-18)13-24-23(29)16(2)25-22-19-11-7-8-12-21(19)32(30,31)27-22/h4-12,16H,13-14H2,1-3H3,(H,24,29)(H,25,27)/t16-/m1/s1. The fourth-order valence-electron chi connectivity index (χ4n) is 3.71. The lowest BCUT2D eigenvalue weighted by Gasteiger charge is -2.10. The van der Waals surface area contributed by atoms with Gasteiger partial charge in [-0.05, 0) is 38.5 Å². The van der Waals surface area contributed by atoms with Crippen molar-refractivity contribution in [2.24, 2.45) is 4.99 Å². The molecule has 32 heavy (non-hydrogen) atoms. The van der Waals surface area contributed by atoms with Crippen molar-refractivity contribution in [2.45, 2.75) is 44.8 Å². The Balaban J connectivity index is 1.45. The van der Waals surface area contributed by atoms with Gasteiger partial charge in [0.2, 0.25) is 5.91 Å². The number of rotatable bonds is 6. The van der Waals surface area contributed by atoms with Gasteiger partial charge in [-0.1, -0.05) is 42.5 Å². The van der Waals surface area contributed by atoms with Crippen LogP contribution >= 0.6 is 0 Å². The first-order chi connectivity index (χ1) is 15.3. The van der Waals surface area contributed by atoms with E-state index in [0.717, 1.165) is 22.5 Å². The number of amides is 1. The first-order valence-electron chi connectivity index (χ1n) is 10.3. The van der Waals surface area contributed by atoms with Gasteiger partial charge in [0.1, 0.15) is 11.9 Å². The summed E-state index contributed by atoms with van der Waals surface area (Å²) in [6, 6.07) is 15.9. The number of hydrogen-bond donors (Lipinski definition) is 2. The van der Waals surface area contributed by atoms with E-state index in [0.29, 0.717) is 18.7 Å². The normalized spacial score (nSPS) is 16.4. The van der Waals surface area contributed by atoms with E-state index in [1.165, 1.54) is 6.07 Å². The van der Waals surface area contributed by atoms with Gasteiger partial charge in [0.15, 0.2) is 0 Å². The van der Waals surface area contributed by atoms with Gasteiger partial charge < -0.3 is 5.32 Å². The monoisotopic (exact) mass is 451 g/mol. The molecule has 0 bridgehead atoms. The van der Waals surface area contributed by atoms with Crippen molar-refractivity contribution in [1.82, 2.24) is 19.8 Å². The highest BCUT2D eigenvalue weighted by atomic mass is 32.2. The molecule has 0 saturated carbocycles. The highest BCUT2D eigenvalue weighted by molar-refractivity contribution is 7.90. The Morgan fingerprint density at radius 2 is 1.81 bits per heavy atom. The second-order valence-corrected chi connectivity index (χ2v) is 9.42. The number of amidine groups is 1. The van der Waals surface area contributed by atoms with Gasteiger partial charge in [0, 0.05) is 23.4 Å². The van der Waals surface area contributed by atoms with Gasteiger partial charge in [-0.25, -0.2) is 8.42 Å². The first-order valence-corrected chi connectivity index (χ1v) is 11.8. The van der Waals surface area contributed by atoms with Crippen LogP contribution in [-0.4, -0.2) is 36.0 Å². The van der Waals surface area contributed by atoms with Gasteiger partial charge in [-0.15, -0.1) is 0 Å². The summed E-state index contributed by atoms with van der Waals surface area (Å²) in [7, 11) is -3.64. The predicted molar refractivity (Wildman–Crippen MR) is 122 cm³/mol. The van der Waals surface area contributed by atoms with Crippen molar-refractivity contribution in [3.05, 3.63) is 82.7 Å². The molecule has 0 fully saturated rings. The fraction of sp³-hybridized carbons (Fsp3) is 0.261. The topological polar surface area (TPSA) is 105 Å². The van der Waals surface area contributed by atoms with Crippen molar-refractivity contribution >= 4 is 21.8 Å². The van der Waals surface area contributed by atoms with Gasteiger partial charge in [0.05, 0.1) is 17.1 Å². The van der Waals surface area contributed by atoms with Crippen LogP contribution in [0.15, 0.2) is 64.5 Å². The van der Waals surface area contributed by atoms with E-state index in [4.69, 9.17) is 0 Å². The Kier molecular flexibility index (Phi) is 5.84. The van der Waals surface area contributed by atoms with E-state index in [1.807, 2.05) is 48.9 Å². The molecule has 1 amide bonds. The van der Waals surface area contributed by atoms with Crippen LogP contribution in [0.5, 0.6) is 0 Å². The number of benzene rings is 2. The first kappa shape index (κ1) is 21.8. The number of sulfonamides is 1. The van der Waals surface area contributed by atoms with Crippen LogP contribution in [-0.2, 0) is 27.9 Å². The lowest BCUT2D eigenvalue weighted by molar-refractivity contribution is -0.122. The number of hydrogen-bond acceptors (Lipinski definition) is 5. The molecule has 0 unspecified atom stereocenters. The van der Waals surface area contributed by atoms with Crippen LogP contribution in [0.3, 0.4) is 0 Å². The van der Waals surface area contributed by atoms with Crippen LogP contribution in [0, 0.1) is 13.8 Å². The average molecular weight is 452 g/mol. The Bertz CT molecular complexity index is 1300. The Morgan fingerprint density at radius 3 is 2.56 bits per heavy atom. The molecule has 8 nitrogen and oxygen atoms in total. The maximum absolute atomic E-state index is 12.7. The molecule has 2 N–H and O–H groups in total. The molecule has 9 heteroatoms. The Morgan fingerprint density at radius 1 is 1.12 bits per heavy atom. The van der Waals surface area contributed by atoms with Gasteiger partial charge >= 0.3 is 0 Å². The maximum Gasteiger partial charge on any atom is 0.263 e. The number of carbonyl (C=O) groups excluding carboxylic acids is 1. The highest BCUT2D eigenvalue weighted by Gasteiger charge is 2.31. The lowest BCUT2D eigenvalue weighted by atomic mass is 10.2. The zero-order valence-electron chi connectivity index (χ0n) is 18.2. The molecule has 4 rings (SSSR count). The summed E-state index contributed by atoms with van der Waals surface area (Å²) < 4.78 is 28.8. The Hall–Kier alpha value is -3.46. The molecule has 0 saturated heterocycles. The molecular formula is C23H25N5O3S. The van der Waals surface area contributed by atoms with E-state index in [2.05, 4.69) is 20.1 Å². The largest absolute Gasteiger partial charge is 0.350 e. The second-order valence-electron chi connectivity index (χ2n) is 7.77. The lowest BCUT2D eigenvalue weighted by Crippen LogP contribution is -2.33. The molecule has 0 aliphatic carbocycles. The van der Waals surface area contributed by atoms with Crippen molar-refractivity contribution in [3.8, 4) is 0 Å². The van der Waals surface area contributed by atoms with E-state index in [1.54, 1.807) is 25.1 Å². The summed E-state index contributed by atoms with van der Waals surface area (Å²) in [6.07, 6.45) is 0. The summed E-state index contributed by atoms with van der Waals surface area (Å²) in [5.41, 5.74) is 4.43. The number of fused-ring (bicyclic) bond motifs is 1. The van der Waals surface area contributed by atoms with Gasteiger partial charge in [0.25, 0.3) is 10.0 Å². The number of aryl methyl sites for hydroxylation is 1. The minimum absolute atomic E-state index is 0.170. The zero-order chi connectivity index (χ0) is 22.9. The van der Waals surface area contributed by atoms with Gasteiger partial charge in [-0.3, -0.25) is 19.2 Å². The van der Waals surface area contributed by atoms with Crippen LogP contribution < -0.4 is 10.0 Å². The number of carbonyl (C=O) groups is 1. The third kappa shape index (κ3) is 4.29.